The SMILES string of the molecule is CN(CCC#N)C(=O)c1ccccc1N(C)C(=O)c1ccc(Br)o1. The normalized spacial score (nSPS) is 10.1. The Morgan fingerprint density at radius 2 is 1.88 bits per heavy atom. The number of benzene rings is 1. The summed E-state index contributed by atoms with van der Waals surface area (Å²) in [5.41, 5.74) is 0.864. The highest BCUT2D eigenvalue weighted by atomic mass is 79.9. The molecule has 0 fully saturated rings. The number of furan rings is 1. The van der Waals surface area contributed by atoms with E-state index >= 15 is 0 Å². The highest BCUT2D eigenvalue weighted by Crippen LogP contribution is 2.24. The van der Waals surface area contributed by atoms with Crippen molar-refractivity contribution in [2.24, 2.45) is 0 Å². The molecule has 0 atom stereocenters. The minimum Gasteiger partial charge on any atom is -0.444 e. The Morgan fingerprint density at radius 3 is 2.50 bits per heavy atom. The lowest BCUT2D eigenvalue weighted by Crippen LogP contribution is -2.32. The highest BCUT2D eigenvalue weighted by Gasteiger charge is 2.23. The maximum absolute atomic E-state index is 12.6. The van der Waals surface area contributed by atoms with Gasteiger partial charge in [-0.15, -0.1) is 0 Å². The summed E-state index contributed by atoms with van der Waals surface area (Å²) < 4.78 is 5.74. The lowest BCUT2D eigenvalue weighted by molar-refractivity contribution is 0.0798. The van der Waals surface area contributed by atoms with Crippen molar-refractivity contribution in [3.63, 3.8) is 0 Å². The number of nitrogens with zero attached hydrogens (tertiary/aromatic N) is 3. The minimum absolute atomic E-state index is 0.171. The van der Waals surface area contributed by atoms with Crippen molar-refractivity contribution in [3.8, 4) is 6.07 Å². The Hall–Kier alpha value is -2.59. The molecule has 2 aromatic rings. The van der Waals surface area contributed by atoms with Crippen LogP contribution in [0.2, 0.25) is 0 Å². The van der Waals surface area contributed by atoms with Gasteiger partial charge in [-0.3, -0.25) is 9.59 Å². The second-order valence-electron chi connectivity index (χ2n) is 5.12. The number of para-hydroxylation sites is 1. The van der Waals surface area contributed by atoms with E-state index in [0.29, 0.717) is 22.5 Å². The topological polar surface area (TPSA) is 77.5 Å². The Kier molecular flexibility index (Phi) is 5.77. The van der Waals surface area contributed by atoms with Crippen molar-refractivity contribution in [1.82, 2.24) is 4.90 Å². The molecular formula is C17H16BrN3O3. The van der Waals surface area contributed by atoms with Crippen LogP contribution in [0.15, 0.2) is 45.5 Å². The molecule has 0 N–H and O–H groups in total. The van der Waals surface area contributed by atoms with Crippen molar-refractivity contribution < 1.29 is 14.0 Å². The van der Waals surface area contributed by atoms with E-state index in [1.165, 1.54) is 9.80 Å². The maximum Gasteiger partial charge on any atom is 0.293 e. The predicted octanol–water partition coefficient (Wildman–Crippen LogP) is 3.30. The summed E-state index contributed by atoms with van der Waals surface area (Å²) in [6.45, 7) is 0.326. The molecule has 2 amide bonds. The van der Waals surface area contributed by atoms with Gasteiger partial charge in [-0.2, -0.15) is 5.26 Å². The number of anilines is 1. The van der Waals surface area contributed by atoms with E-state index in [1.54, 1.807) is 50.5 Å². The molecule has 0 aliphatic rings. The Bertz CT molecular complexity index is 794. The first-order valence-electron chi connectivity index (χ1n) is 7.20. The van der Waals surface area contributed by atoms with Crippen LogP contribution in [0.25, 0.3) is 0 Å². The molecule has 1 aromatic carbocycles. The molecule has 2 rings (SSSR count). The summed E-state index contributed by atoms with van der Waals surface area (Å²) >= 11 is 3.16. The van der Waals surface area contributed by atoms with Gasteiger partial charge in [0, 0.05) is 20.6 Å². The predicted molar refractivity (Wildman–Crippen MR) is 92.8 cm³/mol. The molecule has 0 aliphatic heterocycles. The molecule has 1 aromatic heterocycles. The van der Waals surface area contributed by atoms with Gasteiger partial charge in [0.2, 0.25) is 0 Å². The third kappa shape index (κ3) is 3.84. The zero-order chi connectivity index (χ0) is 17.7. The summed E-state index contributed by atoms with van der Waals surface area (Å²) in [5, 5.41) is 8.66. The van der Waals surface area contributed by atoms with Crippen molar-refractivity contribution in [3.05, 3.63) is 52.4 Å². The summed E-state index contributed by atoms with van der Waals surface area (Å²) in [4.78, 5) is 27.9. The van der Waals surface area contributed by atoms with Crippen molar-refractivity contribution in [1.29, 1.82) is 5.26 Å². The largest absolute Gasteiger partial charge is 0.444 e. The van der Waals surface area contributed by atoms with Gasteiger partial charge in [0.25, 0.3) is 11.8 Å². The van der Waals surface area contributed by atoms with Crippen LogP contribution in [-0.2, 0) is 0 Å². The van der Waals surface area contributed by atoms with Crippen LogP contribution in [-0.4, -0.2) is 37.4 Å². The standard InChI is InChI=1S/C17H16BrN3O3/c1-20(11-5-10-19)16(22)12-6-3-4-7-13(12)21(2)17(23)14-8-9-15(18)24-14/h3-4,6-9H,5,11H2,1-2H3. The smallest absolute Gasteiger partial charge is 0.293 e. The molecule has 0 radical (unpaired) electrons. The quantitative estimate of drug-likeness (QED) is 0.785. The van der Waals surface area contributed by atoms with E-state index in [9.17, 15) is 9.59 Å². The molecule has 6 nitrogen and oxygen atoms in total. The zero-order valence-electron chi connectivity index (χ0n) is 13.3. The van der Waals surface area contributed by atoms with Crippen molar-refractivity contribution in [2.75, 3.05) is 25.5 Å². The number of hydrogen-bond donors (Lipinski definition) is 0. The van der Waals surface area contributed by atoms with Gasteiger partial charge in [-0.25, -0.2) is 0 Å². The third-order valence-electron chi connectivity index (χ3n) is 3.49. The molecule has 24 heavy (non-hydrogen) atoms. The Balaban J connectivity index is 2.29. The Morgan fingerprint density at radius 1 is 1.17 bits per heavy atom. The molecule has 0 bridgehead atoms. The van der Waals surface area contributed by atoms with Crippen LogP contribution in [0.4, 0.5) is 5.69 Å². The van der Waals surface area contributed by atoms with Gasteiger partial charge >= 0.3 is 0 Å². The van der Waals surface area contributed by atoms with E-state index in [2.05, 4.69) is 15.9 Å². The third-order valence-corrected chi connectivity index (χ3v) is 3.92. The van der Waals surface area contributed by atoms with Gasteiger partial charge in [-0.05, 0) is 40.2 Å². The number of carbonyl (C=O) groups is 2. The van der Waals surface area contributed by atoms with E-state index in [-0.39, 0.29) is 24.0 Å². The number of hydrogen-bond acceptors (Lipinski definition) is 4. The van der Waals surface area contributed by atoms with Crippen LogP contribution in [0, 0.1) is 11.3 Å². The molecule has 0 saturated carbocycles. The van der Waals surface area contributed by atoms with Crippen LogP contribution in [0.5, 0.6) is 0 Å². The van der Waals surface area contributed by atoms with Gasteiger partial charge in [0.15, 0.2) is 10.4 Å². The number of carbonyl (C=O) groups excluding carboxylic acids is 2. The molecular weight excluding hydrogens is 374 g/mol. The van der Waals surface area contributed by atoms with E-state index in [0.717, 1.165) is 0 Å². The van der Waals surface area contributed by atoms with Gasteiger partial charge < -0.3 is 14.2 Å². The van der Waals surface area contributed by atoms with Crippen molar-refractivity contribution >= 4 is 33.4 Å². The minimum atomic E-state index is -0.361. The van der Waals surface area contributed by atoms with E-state index in [1.807, 2.05) is 6.07 Å². The van der Waals surface area contributed by atoms with E-state index < -0.39 is 0 Å². The molecule has 124 valence electrons. The van der Waals surface area contributed by atoms with Gasteiger partial charge in [0.05, 0.1) is 23.7 Å². The fraction of sp³-hybridized carbons (Fsp3) is 0.235. The Labute approximate surface area is 148 Å². The number of nitriles is 1. The average Bonchev–Trinajstić information content (AvgIpc) is 3.04. The van der Waals surface area contributed by atoms with Crippen LogP contribution >= 0.6 is 15.9 Å². The molecule has 0 unspecified atom stereocenters. The second kappa shape index (κ2) is 7.79. The molecule has 7 heteroatoms. The lowest BCUT2D eigenvalue weighted by atomic mass is 10.1. The summed E-state index contributed by atoms with van der Waals surface area (Å²) in [6, 6.07) is 12.0. The first kappa shape index (κ1) is 17.8. The number of amides is 2. The summed E-state index contributed by atoms with van der Waals surface area (Å²) in [7, 11) is 3.21. The average molecular weight is 390 g/mol. The second-order valence-corrected chi connectivity index (χ2v) is 5.90. The highest BCUT2D eigenvalue weighted by molar-refractivity contribution is 9.10. The molecule has 0 aliphatic carbocycles. The molecule has 0 spiro atoms. The fourth-order valence-electron chi connectivity index (χ4n) is 2.18. The van der Waals surface area contributed by atoms with Crippen LogP contribution in [0.1, 0.15) is 27.3 Å². The van der Waals surface area contributed by atoms with Crippen molar-refractivity contribution in [2.45, 2.75) is 6.42 Å². The lowest BCUT2D eigenvalue weighted by Gasteiger charge is -2.22. The monoisotopic (exact) mass is 389 g/mol. The first-order chi connectivity index (χ1) is 11.5. The zero-order valence-corrected chi connectivity index (χ0v) is 14.9. The van der Waals surface area contributed by atoms with Gasteiger partial charge in [-0.1, -0.05) is 12.1 Å². The van der Waals surface area contributed by atoms with E-state index in [4.69, 9.17) is 9.68 Å². The first-order valence-corrected chi connectivity index (χ1v) is 8.00. The maximum atomic E-state index is 12.6. The summed E-state index contributed by atoms with van der Waals surface area (Å²) in [6.07, 6.45) is 0.250. The molecule has 0 saturated heterocycles. The molecule has 1 heterocycles. The number of halogens is 1. The fourth-order valence-corrected chi connectivity index (χ4v) is 2.48. The summed E-state index contributed by atoms with van der Waals surface area (Å²) in [5.74, 6) is -0.439. The van der Waals surface area contributed by atoms with Crippen LogP contribution in [0.3, 0.4) is 0 Å². The van der Waals surface area contributed by atoms with Crippen LogP contribution < -0.4 is 4.90 Å². The van der Waals surface area contributed by atoms with Gasteiger partial charge in [0.1, 0.15) is 0 Å². The number of rotatable bonds is 5.